The van der Waals surface area contributed by atoms with Crippen molar-refractivity contribution < 1.29 is 143 Å². The van der Waals surface area contributed by atoms with Gasteiger partial charge in [0.25, 0.3) is 5.79 Å². The Kier molecular flexibility index (Phi) is 32.7. The van der Waals surface area contributed by atoms with Gasteiger partial charge in [-0.15, -0.1) is 0 Å². The van der Waals surface area contributed by atoms with Gasteiger partial charge in [0.15, 0.2) is 0 Å². The number of carbonyl (C=O) groups is 1. The molecule has 456 valence electrons. The van der Waals surface area contributed by atoms with E-state index in [2.05, 4.69) is 0 Å². The number of aliphatic hydroxyl groups excluding tert-OH is 20. The van der Waals surface area contributed by atoms with Gasteiger partial charge in [0.2, 0.25) is 5.79 Å². The molecule has 0 aromatic carbocycles. The van der Waals surface area contributed by atoms with Gasteiger partial charge in [0.1, 0.15) is 0 Å². The zero-order valence-electron chi connectivity index (χ0n) is 43.6. The molecular weight excluding hydrogens is 1020 g/mol. The van der Waals surface area contributed by atoms with Crippen LogP contribution in [0.3, 0.4) is 0 Å². The number of unbranched alkanes of at least 4 members (excludes halogenated alkanes) is 6. The van der Waals surface area contributed by atoms with E-state index in [0.29, 0.717) is 12.8 Å². The summed E-state index contributed by atoms with van der Waals surface area (Å²) in [7, 11) is 0. The van der Waals surface area contributed by atoms with Crippen molar-refractivity contribution in [1.29, 1.82) is 0 Å². The maximum atomic E-state index is 13.1. The summed E-state index contributed by atoms with van der Waals surface area (Å²) >= 11 is 0. The van der Waals surface area contributed by atoms with Crippen molar-refractivity contribution >= 4 is 5.97 Å². The molecule has 28 heteroatoms. The van der Waals surface area contributed by atoms with Gasteiger partial charge < -0.3 is 138 Å². The van der Waals surface area contributed by atoms with Crippen LogP contribution in [-0.4, -0.2) is 288 Å². The van der Waals surface area contributed by atoms with Crippen molar-refractivity contribution in [2.24, 2.45) is 27.1 Å². The molecular formula is C48H96O28. The fraction of sp³-hybridized carbons (Fsp3) is 0.979. The first-order valence-electron chi connectivity index (χ1n) is 25.8. The van der Waals surface area contributed by atoms with Gasteiger partial charge in [0.05, 0.1) is 127 Å². The van der Waals surface area contributed by atoms with Crippen molar-refractivity contribution in [2.75, 3.05) is 66.1 Å². The topological polar surface area (TPSA) is 563 Å². The van der Waals surface area contributed by atoms with Crippen LogP contribution in [0.2, 0.25) is 0 Å². The van der Waals surface area contributed by atoms with Crippen LogP contribution < -0.4 is 0 Å². The van der Waals surface area contributed by atoms with E-state index in [1.807, 2.05) is 6.92 Å². The number of rotatable bonds is 46. The van der Waals surface area contributed by atoms with Crippen LogP contribution in [0.4, 0.5) is 0 Å². The van der Waals surface area contributed by atoms with E-state index in [1.54, 1.807) is 0 Å². The summed E-state index contributed by atoms with van der Waals surface area (Å²) < 4.78 is 0. The number of aliphatic carboxylic acids is 1. The van der Waals surface area contributed by atoms with Crippen LogP contribution in [0.5, 0.6) is 0 Å². The number of hydrogen-bond donors (Lipinski definition) is 27. The Morgan fingerprint density at radius 3 is 0.803 bits per heavy atom. The summed E-state index contributed by atoms with van der Waals surface area (Å²) in [5.41, 5.74) is -17.0. The van der Waals surface area contributed by atoms with Gasteiger partial charge >= 0.3 is 11.8 Å². The fourth-order valence-corrected chi connectivity index (χ4v) is 13.0. The average molecular weight is 1120 g/mol. The molecule has 28 nitrogen and oxygen atoms in total. The lowest BCUT2D eigenvalue weighted by Gasteiger charge is -2.75. The van der Waals surface area contributed by atoms with Gasteiger partial charge in [-0.2, -0.15) is 0 Å². The Balaban J connectivity index is 11.7. The molecule has 0 aliphatic carbocycles. The molecule has 76 heavy (non-hydrogen) atoms. The highest BCUT2D eigenvalue weighted by atomic mass is 16.7. The highest BCUT2D eigenvalue weighted by Crippen LogP contribution is 2.79. The van der Waals surface area contributed by atoms with Crippen LogP contribution in [0.15, 0.2) is 0 Å². The molecule has 0 heterocycles. The highest BCUT2D eigenvalue weighted by Gasteiger charge is 2.82. The quantitative estimate of drug-likeness (QED) is 0.0199. The van der Waals surface area contributed by atoms with Gasteiger partial charge in [0, 0.05) is 5.41 Å². The van der Waals surface area contributed by atoms with Crippen LogP contribution in [0.25, 0.3) is 0 Å². The molecule has 0 aliphatic rings. The van der Waals surface area contributed by atoms with Crippen molar-refractivity contribution in [3.05, 3.63) is 0 Å². The van der Waals surface area contributed by atoms with E-state index in [9.17, 15) is 143 Å². The standard InChI is InChI=1S/C48H96O28/c1-2-3-4-5-6-7-8-9-41(10-30(59)20-49,11-31(60)21-50)42(12-32(61)22-51,13-33(62)23-52)43(14-34(63)24-53,15-35(64)25-54)44(16-36(65)26-55,17-37(66)27-56)45(18-38(67)28-57,19-39(68)29-58)47(73,74)48(75,76)46(71,72)40(69)70/h30-39,49-68,71-76H,2-29H2,1H3,(H,69,70). The van der Waals surface area contributed by atoms with Crippen LogP contribution >= 0.6 is 0 Å². The smallest absolute Gasteiger partial charge is 0.370 e. The zero-order valence-corrected chi connectivity index (χ0v) is 43.6. The Bertz CT molecular complexity index is 1510. The minimum atomic E-state index is -5.56. The van der Waals surface area contributed by atoms with Gasteiger partial charge in [-0.25, -0.2) is 4.79 Å². The van der Waals surface area contributed by atoms with Crippen molar-refractivity contribution in [3.63, 3.8) is 0 Å². The summed E-state index contributed by atoms with van der Waals surface area (Å²) in [4.78, 5) is 12.6. The Morgan fingerprint density at radius 2 is 0.539 bits per heavy atom. The number of carboxylic acids is 1. The molecule has 10 unspecified atom stereocenters. The molecule has 27 N–H and O–H groups in total. The summed E-state index contributed by atoms with van der Waals surface area (Å²) in [5, 5.41) is 311. The minimum absolute atomic E-state index is 0.116. The van der Waals surface area contributed by atoms with E-state index in [4.69, 9.17) is 0 Å². The lowest BCUT2D eigenvalue weighted by atomic mass is 9.29. The SMILES string of the molecule is CCCCCCCCCC(CC(O)CO)(CC(O)CO)C(CC(O)CO)(CC(O)CO)C(CC(O)CO)(CC(O)CO)C(CC(O)CO)(CC(O)CO)C(CC(O)CO)(CC(O)CO)C(O)(O)C(O)(O)C(O)(O)C(=O)O. The van der Waals surface area contributed by atoms with Gasteiger partial charge in [-0.3, -0.25) is 0 Å². The van der Waals surface area contributed by atoms with E-state index in [-0.39, 0.29) is 12.8 Å². The maximum Gasteiger partial charge on any atom is 0.370 e. The molecule has 0 aliphatic heterocycles. The largest absolute Gasteiger partial charge is 0.477 e. The molecule has 0 rings (SSSR count). The lowest BCUT2D eigenvalue weighted by molar-refractivity contribution is -0.488. The van der Waals surface area contributed by atoms with E-state index in [0.717, 1.165) is 19.3 Å². The lowest BCUT2D eigenvalue weighted by Crippen LogP contribution is -2.82. The number of aliphatic hydroxyl groups is 26. The second-order valence-electron chi connectivity index (χ2n) is 21.2. The Hall–Kier alpha value is -1.57. The van der Waals surface area contributed by atoms with Crippen molar-refractivity contribution in [3.8, 4) is 0 Å². The number of hydrogen-bond acceptors (Lipinski definition) is 27. The monoisotopic (exact) mass is 1120 g/mol. The molecule has 0 fully saturated rings. The molecule has 10 atom stereocenters. The molecule has 0 radical (unpaired) electrons. The van der Waals surface area contributed by atoms with Gasteiger partial charge in [-0.1, -0.05) is 51.9 Å². The molecule has 0 spiro atoms. The summed E-state index contributed by atoms with van der Waals surface area (Å²) in [5.74, 6) is -19.4. The zero-order chi connectivity index (χ0) is 59.1. The Morgan fingerprint density at radius 1 is 0.316 bits per heavy atom. The van der Waals surface area contributed by atoms with Crippen molar-refractivity contribution in [2.45, 2.75) is 201 Å². The fourth-order valence-electron chi connectivity index (χ4n) is 13.0. The molecule has 0 aromatic heterocycles. The van der Waals surface area contributed by atoms with Crippen LogP contribution in [0, 0.1) is 27.1 Å². The third kappa shape index (κ3) is 17.0. The normalized spacial score (nSPS) is 21.1. The first kappa shape index (κ1) is 74.4. The minimum Gasteiger partial charge on any atom is -0.477 e. The summed E-state index contributed by atoms with van der Waals surface area (Å²) in [6, 6.07) is 0. The predicted molar refractivity (Wildman–Crippen MR) is 261 cm³/mol. The van der Waals surface area contributed by atoms with Crippen LogP contribution in [0.1, 0.15) is 122 Å². The maximum absolute atomic E-state index is 13.1. The highest BCUT2D eigenvalue weighted by molar-refractivity contribution is 5.76. The molecule has 0 bridgehead atoms. The first-order valence-corrected chi connectivity index (χ1v) is 25.8. The molecule has 0 saturated heterocycles. The van der Waals surface area contributed by atoms with E-state index >= 15 is 0 Å². The second kappa shape index (κ2) is 33.4. The summed E-state index contributed by atoms with van der Waals surface area (Å²) in [6.07, 6.45) is -36.4. The second-order valence-corrected chi connectivity index (χ2v) is 21.2. The third-order valence-corrected chi connectivity index (χ3v) is 16.0. The molecule has 0 saturated carbocycles. The summed E-state index contributed by atoms with van der Waals surface area (Å²) in [6.45, 7) is -12.6. The number of carboxylic acid groups (broad SMARTS) is 1. The molecule has 0 amide bonds. The predicted octanol–water partition coefficient (Wildman–Crippen LogP) is -8.38. The van der Waals surface area contributed by atoms with E-state index < -0.39 is 248 Å². The molecule has 0 aromatic rings. The van der Waals surface area contributed by atoms with Gasteiger partial charge in [-0.05, 0) is 92.3 Å². The van der Waals surface area contributed by atoms with E-state index in [1.165, 1.54) is 0 Å². The van der Waals surface area contributed by atoms with Crippen molar-refractivity contribution in [1.82, 2.24) is 0 Å². The first-order chi connectivity index (χ1) is 35.3. The average Bonchev–Trinajstić information content (AvgIpc) is 3.38. The third-order valence-electron chi connectivity index (χ3n) is 16.0. The van der Waals surface area contributed by atoms with Crippen LogP contribution in [-0.2, 0) is 4.79 Å². The Labute approximate surface area is 441 Å².